The molecular weight excluding hydrogens is 242 g/mol. The molecule has 0 aromatic carbocycles. The van der Waals surface area contributed by atoms with Crippen LogP contribution in [0.15, 0.2) is 6.20 Å². The van der Waals surface area contributed by atoms with Crippen LogP contribution in [0.25, 0.3) is 0 Å². The molecule has 0 fully saturated rings. The monoisotopic (exact) mass is 265 g/mol. The summed E-state index contributed by atoms with van der Waals surface area (Å²) in [6.45, 7) is 3.61. The van der Waals surface area contributed by atoms with Gasteiger partial charge in [0.2, 0.25) is 5.95 Å². The summed E-state index contributed by atoms with van der Waals surface area (Å²) in [4.78, 5) is 20.5. The maximum Gasteiger partial charge on any atom is 0.273 e. The van der Waals surface area contributed by atoms with E-state index in [9.17, 15) is 4.79 Å². The molecule has 19 heavy (non-hydrogen) atoms. The van der Waals surface area contributed by atoms with Gasteiger partial charge in [0.05, 0.1) is 0 Å². The minimum Gasteiger partial charge on any atom is -0.356 e. The third kappa shape index (κ3) is 3.47. The van der Waals surface area contributed by atoms with E-state index < -0.39 is 0 Å². The van der Waals surface area contributed by atoms with E-state index in [4.69, 9.17) is 0 Å². The molecule has 0 saturated carbocycles. The molecule has 1 amide bonds. The van der Waals surface area contributed by atoms with Crippen LogP contribution in [0.1, 0.15) is 23.3 Å². The van der Waals surface area contributed by atoms with Gasteiger partial charge in [-0.05, 0) is 33.5 Å². The molecule has 1 aromatic rings. The number of aryl methyl sites for hydroxylation is 1. The van der Waals surface area contributed by atoms with Crippen molar-refractivity contribution in [1.82, 2.24) is 19.4 Å². The fourth-order valence-corrected chi connectivity index (χ4v) is 2.20. The van der Waals surface area contributed by atoms with Crippen molar-refractivity contribution in [3.63, 3.8) is 0 Å². The number of imidazole rings is 1. The van der Waals surface area contributed by atoms with Gasteiger partial charge >= 0.3 is 0 Å². The topological polar surface area (TPSA) is 53.4 Å². The summed E-state index contributed by atoms with van der Waals surface area (Å²) in [5.74, 6) is 0.818. The van der Waals surface area contributed by atoms with Gasteiger partial charge in [-0.3, -0.25) is 4.79 Å². The van der Waals surface area contributed by atoms with Gasteiger partial charge in [-0.2, -0.15) is 0 Å². The quantitative estimate of drug-likeness (QED) is 0.852. The van der Waals surface area contributed by atoms with Crippen molar-refractivity contribution in [3.05, 3.63) is 11.9 Å². The average molecular weight is 265 g/mol. The Balaban J connectivity index is 1.93. The molecule has 2 rings (SSSR count). The molecule has 6 heteroatoms. The molecule has 106 valence electrons. The molecule has 2 heterocycles. The third-order valence-corrected chi connectivity index (χ3v) is 3.30. The highest BCUT2D eigenvalue weighted by Crippen LogP contribution is 2.15. The minimum atomic E-state index is 0.00227. The number of hydrogen-bond donors (Lipinski definition) is 1. The van der Waals surface area contributed by atoms with Crippen molar-refractivity contribution in [1.29, 1.82) is 0 Å². The second-order valence-corrected chi connectivity index (χ2v) is 5.31. The molecule has 0 saturated heterocycles. The predicted molar refractivity (Wildman–Crippen MR) is 75.5 cm³/mol. The number of aromatic nitrogens is 2. The van der Waals surface area contributed by atoms with Crippen LogP contribution in [0.2, 0.25) is 0 Å². The van der Waals surface area contributed by atoms with E-state index in [2.05, 4.69) is 15.2 Å². The summed E-state index contributed by atoms with van der Waals surface area (Å²) in [5.41, 5.74) is 0.539. The number of rotatable bonds is 5. The van der Waals surface area contributed by atoms with Gasteiger partial charge in [0.25, 0.3) is 5.91 Å². The van der Waals surface area contributed by atoms with Crippen molar-refractivity contribution in [2.24, 2.45) is 0 Å². The van der Waals surface area contributed by atoms with Gasteiger partial charge in [0.15, 0.2) is 0 Å². The van der Waals surface area contributed by atoms with Crippen LogP contribution in [0, 0.1) is 0 Å². The number of carbonyl (C=O) groups is 1. The van der Waals surface area contributed by atoms with E-state index in [-0.39, 0.29) is 5.91 Å². The zero-order valence-electron chi connectivity index (χ0n) is 12.0. The second-order valence-electron chi connectivity index (χ2n) is 5.31. The highest BCUT2D eigenvalue weighted by molar-refractivity contribution is 5.92. The average Bonchev–Trinajstić information content (AvgIpc) is 2.80. The maximum atomic E-state index is 12.2. The second kappa shape index (κ2) is 6.06. The van der Waals surface area contributed by atoms with Crippen LogP contribution in [0.3, 0.4) is 0 Å². The first-order chi connectivity index (χ1) is 9.08. The molecule has 0 radical (unpaired) electrons. The molecular formula is C13H23N5O. The van der Waals surface area contributed by atoms with Crippen LogP contribution < -0.4 is 5.32 Å². The number of nitrogens with zero attached hydrogens (tertiary/aromatic N) is 4. The third-order valence-electron chi connectivity index (χ3n) is 3.30. The van der Waals surface area contributed by atoms with Crippen LogP contribution in [-0.4, -0.2) is 66.0 Å². The molecule has 1 aliphatic rings. The Morgan fingerprint density at radius 1 is 1.42 bits per heavy atom. The van der Waals surface area contributed by atoms with Crippen molar-refractivity contribution < 1.29 is 4.79 Å². The first-order valence-electron chi connectivity index (χ1n) is 6.79. The summed E-state index contributed by atoms with van der Waals surface area (Å²) >= 11 is 0. The van der Waals surface area contributed by atoms with Gasteiger partial charge in [0, 0.05) is 32.9 Å². The van der Waals surface area contributed by atoms with Crippen LogP contribution in [0.4, 0.5) is 5.95 Å². The highest BCUT2D eigenvalue weighted by Gasteiger charge is 2.19. The lowest BCUT2D eigenvalue weighted by molar-refractivity contribution is 0.0785. The molecule has 1 aliphatic heterocycles. The Kier molecular flexibility index (Phi) is 4.42. The normalized spacial score (nSPS) is 14.1. The molecule has 0 atom stereocenters. The zero-order valence-corrected chi connectivity index (χ0v) is 12.0. The lowest BCUT2D eigenvalue weighted by Crippen LogP contribution is -2.30. The largest absolute Gasteiger partial charge is 0.356 e. The molecule has 0 bridgehead atoms. The van der Waals surface area contributed by atoms with E-state index in [0.29, 0.717) is 5.69 Å². The maximum absolute atomic E-state index is 12.2. The fourth-order valence-electron chi connectivity index (χ4n) is 2.20. The first-order valence-corrected chi connectivity index (χ1v) is 6.79. The summed E-state index contributed by atoms with van der Waals surface area (Å²) in [6, 6.07) is 0. The van der Waals surface area contributed by atoms with E-state index in [1.54, 1.807) is 4.90 Å². The summed E-state index contributed by atoms with van der Waals surface area (Å²) in [5, 5.41) is 3.21. The van der Waals surface area contributed by atoms with Gasteiger partial charge in [-0.15, -0.1) is 0 Å². The van der Waals surface area contributed by atoms with E-state index in [1.807, 2.05) is 31.9 Å². The van der Waals surface area contributed by atoms with Gasteiger partial charge in [-0.25, -0.2) is 4.98 Å². The molecule has 1 aromatic heterocycles. The number of anilines is 1. The van der Waals surface area contributed by atoms with E-state index in [1.165, 1.54) is 0 Å². The Hall–Kier alpha value is -1.56. The van der Waals surface area contributed by atoms with Crippen LogP contribution >= 0.6 is 0 Å². The molecule has 0 unspecified atom stereocenters. The number of hydrogen-bond acceptors (Lipinski definition) is 4. The first kappa shape index (κ1) is 13.9. The highest BCUT2D eigenvalue weighted by atomic mass is 16.2. The smallest absolute Gasteiger partial charge is 0.273 e. The van der Waals surface area contributed by atoms with Crippen molar-refractivity contribution in [2.45, 2.75) is 19.4 Å². The standard InChI is InChI=1S/C13H23N5O/c1-16(2)7-5-8-17(3)12(19)11-10-18-9-4-6-14-13(18)15-11/h10H,4-9H2,1-3H3,(H,14,15). The van der Waals surface area contributed by atoms with Crippen molar-refractivity contribution in [2.75, 3.05) is 46.1 Å². The molecule has 0 aliphatic carbocycles. The number of amides is 1. The van der Waals surface area contributed by atoms with Crippen LogP contribution in [-0.2, 0) is 6.54 Å². The summed E-state index contributed by atoms with van der Waals surface area (Å²) in [7, 11) is 5.91. The Bertz CT molecular complexity index is 417. The molecule has 6 nitrogen and oxygen atoms in total. The zero-order chi connectivity index (χ0) is 13.8. The van der Waals surface area contributed by atoms with Crippen molar-refractivity contribution >= 4 is 11.9 Å². The Morgan fingerprint density at radius 3 is 2.89 bits per heavy atom. The van der Waals surface area contributed by atoms with E-state index in [0.717, 1.165) is 45.0 Å². The molecule has 1 N–H and O–H groups in total. The Labute approximate surface area is 114 Å². The number of nitrogens with one attached hydrogen (secondary N) is 1. The molecule has 0 spiro atoms. The summed E-state index contributed by atoms with van der Waals surface area (Å²) < 4.78 is 2.02. The Morgan fingerprint density at radius 2 is 2.21 bits per heavy atom. The predicted octanol–water partition coefficient (Wildman–Crippen LogP) is 0.722. The van der Waals surface area contributed by atoms with Crippen LogP contribution in [0.5, 0.6) is 0 Å². The lowest BCUT2D eigenvalue weighted by atomic mass is 10.3. The van der Waals surface area contributed by atoms with Gasteiger partial charge < -0.3 is 19.7 Å². The lowest BCUT2D eigenvalue weighted by Gasteiger charge is -2.17. The fraction of sp³-hybridized carbons (Fsp3) is 0.692. The SMILES string of the molecule is CN(C)CCCN(C)C(=O)c1cn2c(n1)NCCC2. The van der Waals surface area contributed by atoms with E-state index >= 15 is 0 Å². The summed E-state index contributed by atoms with van der Waals surface area (Å²) in [6.07, 6.45) is 3.91. The minimum absolute atomic E-state index is 0.00227. The van der Waals surface area contributed by atoms with Crippen molar-refractivity contribution in [3.8, 4) is 0 Å². The van der Waals surface area contributed by atoms with Gasteiger partial charge in [-0.1, -0.05) is 0 Å². The number of carbonyl (C=O) groups excluding carboxylic acids is 1. The van der Waals surface area contributed by atoms with Gasteiger partial charge in [0.1, 0.15) is 5.69 Å². The number of fused-ring (bicyclic) bond motifs is 1.